The lowest BCUT2D eigenvalue weighted by molar-refractivity contribution is -0.121. The molecule has 1 aromatic heterocycles. The quantitative estimate of drug-likeness (QED) is 0.694. The van der Waals surface area contributed by atoms with E-state index in [4.69, 9.17) is 16.0 Å². The first-order valence-corrected chi connectivity index (χ1v) is 8.48. The molecule has 5 nitrogen and oxygen atoms in total. The number of nitrogens with zero attached hydrogens (tertiary/aromatic N) is 2. The minimum Gasteiger partial charge on any atom is -0.419 e. The summed E-state index contributed by atoms with van der Waals surface area (Å²) in [6, 6.07) is 17.2. The summed E-state index contributed by atoms with van der Waals surface area (Å²) >= 11 is 6.11. The highest BCUT2D eigenvalue weighted by Gasteiger charge is 2.09. The van der Waals surface area contributed by atoms with E-state index in [-0.39, 0.29) is 12.5 Å². The van der Waals surface area contributed by atoms with Crippen LogP contribution in [-0.2, 0) is 17.8 Å². The molecule has 3 aromatic rings. The molecule has 6 heteroatoms. The van der Waals surface area contributed by atoms with E-state index in [2.05, 4.69) is 15.5 Å². The van der Waals surface area contributed by atoms with Crippen molar-refractivity contribution in [3.63, 3.8) is 0 Å². The number of carbonyl (C=O) groups excluding carboxylic acids is 1. The van der Waals surface area contributed by atoms with Crippen molar-refractivity contribution >= 4 is 17.5 Å². The minimum atomic E-state index is -0.0495. The van der Waals surface area contributed by atoms with Gasteiger partial charge in [0.05, 0.1) is 6.54 Å². The molecule has 128 valence electrons. The monoisotopic (exact) mass is 355 g/mol. The molecule has 0 unspecified atom stereocenters. The summed E-state index contributed by atoms with van der Waals surface area (Å²) < 4.78 is 5.56. The van der Waals surface area contributed by atoms with Crippen LogP contribution in [0.4, 0.5) is 0 Å². The third kappa shape index (κ3) is 4.90. The van der Waals surface area contributed by atoms with Crippen LogP contribution in [0.15, 0.2) is 59.0 Å². The van der Waals surface area contributed by atoms with Crippen LogP contribution < -0.4 is 5.32 Å². The summed E-state index contributed by atoms with van der Waals surface area (Å²) in [5.41, 5.74) is 1.91. The number of aromatic nitrogens is 2. The summed E-state index contributed by atoms with van der Waals surface area (Å²) in [4.78, 5) is 11.9. The van der Waals surface area contributed by atoms with Gasteiger partial charge in [-0.3, -0.25) is 4.79 Å². The van der Waals surface area contributed by atoms with Crippen LogP contribution in [0.2, 0.25) is 5.02 Å². The first-order chi connectivity index (χ1) is 12.2. The second-order valence-corrected chi connectivity index (χ2v) is 6.00. The number of benzene rings is 2. The number of amides is 1. The van der Waals surface area contributed by atoms with Gasteiger partial charge in [-0.25, -0.2) is 0 Å². The zero-order chi connectivity index (χ0) is 17.5. The molecule has 25 heavy (non-hydrogen) atoms. The summed E-state index contributed by atoms with van der Waals surface area (Å²) in [6.45, 7) is 0.227. The Morgan fingerprint density at radius 1 is 1.04 bits per heavy atom. The molecule has 1 N–H and O–H groups in total. The van der Waals surface area contributed by atoms with Gasteiger partial charge in [-0.2, -0.15) is 0 Å². The first kappa shape index (κ1) is 17.2. The van der Waals surface area contributed by atoms with E-state index in [0.717, 1.165) is 29.0 Å². The van der Waals surface area contributed by atoms with Crippen molar-refractivity contribution in [2.75, 3.05) is 0 Å². The minimum absolute atomic E-state index is 0.0495. The van der Waals surface area contributed by atoms with Crippen molar-refractivity contribution in [1.82, 2.24) is 15.5 Å². The molecule has 0 bridgehead atoms. The molecule has 2 aromatic carbocycles. The van der Waals surface area contributed by atoms with Gasteiger partial charge in [0, 0.05) is 17.0 Å². The van der Waals surface area contributed by atoms with Gasteiger partial charge in [0.2, 0.25) is 17.7 Å². The van der Waals surface area contributed by atoms with Gasteiger partial charge >= 0.3 is 0 Å². The molecule has 0 radical (unpaired) electrons. The van der Waals surface area contributed by atoms with Crippen LogP contribution in [0.1, 0.15) is 24.3 Å². The van der Waals surface area contributed by atoms with Gasteiger partial charge in [0.25, 0.3) is 0 Å². The third-order valence-electron chi connectivity index (χ3n) is 3.73. The maximum Gasteiger partial charge on any atom is 0.247 e. The van der Waals surface area contributed by atoms with Gasteiger partial charge in [-0.15, -0.1) is 10.2 Å². The van der Waals surface area contributed by atoms with Crippen LogP contribution in [0.3, 0.4) is 0 Å². The van der Waals surface area contributed by atoms with E-state index >= 15 is 0 Å². The maximum absolute atomic E-state index is 11.9. The Labute approximate surface area is 151 Å². The Kier molecular flexibility index (Phi) is 5.80. The van der Waals surface area contributed by atoms with Crippen molar-refractivity contribution in [3.05, 3.63) is 71.1 Å². The largest absolute Gasteiger partial charge is 0.419 e. The maximum atomic E-state index is 11.9. The lowest BCUT2D eigenvalue weighted by Crippen LogP contribution is -2.22. The molecular weight excluding hydrogens is 338 g/mol. The number of aryl methyl sites for hydroxylation is 1. The zero-order valence-electron chi connectivity index (χ0n) is 13.6. The van der Waals surface area contributed by atoms with Gasteiger partial charge in [0.1, 0.15) is 0 Å². The number of hydrogen-bond donors (Lipinski definition) is 1. The number of nitrogens with one attached hydrogen (secondary N) is 1. The normalized spacial score (nSPS) is 10.6. The van der Waals surface area contributed by atoms with Crippen molar-refractivity contribution in [3.8, 4) is 11.5 Å². The molecule has 0 aliphatic carbocycles. The fraction of sp³-hybridized carbons (Fsp3) is 0.211. The average Bonchev–Trinajstić information content (AvgIpc) is 3.11. The number of rotatable bonds is 7. The van der Waals surface area contributed by atoms with E-state index in [1.807, 2.05) is 54.6 Å². The average molecular weight is 356 g/mol. The number of halogens is 1. The zero-order valence-corrected chi connectivity index (χ0v) is 14.4. The SMILES string of the molecule is O=C(CCCc1ccccc1Cl)NCc1nnc(-c2ccccc2)o1. The molecule has 0 saturated heterocycles. The van der Waals surface area contributed by atoms with Crippen molar-refractivity contribution in [2.24, 2.45) is 0 Å². The van der Waals surface area contributed by atoms with E-state index in [1.54, 1.807) is 0 Å². The number of hydrogen-bond acceptors (Lipinski definition) is 4. The van der Waals surface area contributed by atoms with E-state index < -0.39 is 0 Å². The molecule has 0 atom stereocenters. The summed E-state index contributed by atoms with van der Waals surface area (Å²) in [6.07, 6.45) is 1.92. The van der Waals surface area contributed by atoms with E-state index in [9.17, 15) is 4.79 Å². The number of carbonyl (C=O) groups is 1. The van der Waals surface area contributed by atoms with Crippen molar-refractivity contribution < 1.29 is 9.21 Å². The molecular formula is C19H18ClN3O2. The van der Waals surface area contributed by atoms with Crippen LogP contribution in [0.5, 0.6) is 0 Å². The van der Waals surface area contributed by atoms with Crippen LogP contribution >= 0.6 is 11.6 Å². The fourth-order valence-corrected chi connectivity index (χ4v) is 2.66. The van der Waals surface area contributed by atoms with Gasteiger partial charge in [-0.05, 0) is 36.6 Å². The Morgan fingerprint density at radius 2 is 1.80 bits per heavy atom. The van der Waals surface area contributed by atoms with Gasteiger partial charge in [-0.1, -0.05) is 48.0 Å². The molecule has 0 fully saturated rings. The second-order valence-electron chi connectivity index (χ2n) is 5.59. The predicted octanol–water partition coefficient (Wildman–Crippen LogP) is 4.03. The predicted molar refractivity (Wildman–Crippen MR) is 96.0 cm³/mol. The molecule has 0 aliphatic heterocycles. The van der Waals surface area contributed by atoms with Crippen molar-refractivity contribution in [2.45, 2.75) is 25.8 Å². The third-order valence-corrected chi connectivity index (χ3v) is 4.10. The molecule has 0 aliphatic rings. The highest BCUT2D eigenvalue weighted by molar-refractivity contribution is 6.31. The summed E-state index contributed by atoms with van der Waals surface area (Å²) in [5, 5.41) is 11.5. The second kappa shape index (κ2) is 8.44. The van der Waals surface area contributed by atoms with Crippen molar-refractivity contribution in [1.29, 1.82) is 0 Å². The van der Waals surface area contributed by atoms with Crippen LogP contribution in [0.25, 0.3) is 11.5 Å². The summed E-state index contributed by atoms with van der Waals surface area (Å²) in [5.74, 6) is 0.786. The topological polar surface area (TPSA) is 68.0 Å². The van der Waals surface area contributed by atoms with Crippen LogP contribution in [0, 0.1) is 0 Å². The first-order valence-electron chi connectivity index (χ1n) is 8.10. The Balaban J connectivity index is 1.44. The fourth-order valence-electron chi connectivity index (χ4n) is 2.43. The van der Waals surface area contributed by atoms with Crippen LogP contribution in [-0.4, -0.2) is 16.1 Å². The molecule has 0 saturated carbocycles. The van der Waals surface area contributed by atoms with E-state index in [0.29, 0.717) is 18.2 Å². The molecule has 0 spiro atoms. The molecule has 1 heterocycles. The smallest absolute Gasteiger partial charge is 0.247 e. The highest BCUT2D eigenvalue weighted by Crippen LogP contribution is 2.18. The highest BCUT2D eigenvalue weighted by atomic mass is 35.5. The Bertz CT molecular complexity index is 833. The standard InChI is InChI=1S/C19H18ClN3O2/c20-16-11-5-4-7-14(16)10-6-12-17(24)21-13-18-22-23-19(25-18)15-8-2-1-3-9-15/h1-5,7-9,11H,6,10,12-13H2,(H,21,24). The van der Waals surface area contributed by atoms with Gasteiger partial charge < -0.3 is 9.73 Å². The Morgan fingerprint density at radius 3 is 2.60 bits per heavy atom. The Hall–Kier alpha value is -2.66. The lowest BCUT2D eigenvalue weighted by Gasteiger charge is -2.04. The molecule has 3 rings (SSSR count). The lowest BCUT2D eigenvalue weighted by atomic mass is 10.1. The van der Waals surface area contributed by atoms with E-state index in [1.165, 1.54) is 0 Å². The summed E-state index contributed by atoms with van der Waals surface area (Å²) in [7, 11) is 0. The van der Waals surface area contributed by atoms with Gasteiger partial charge in [0.15, 0.2) is 0 Å². The molecule has 1 amide bonds.